The first kappa shape index (κ1) is 22.1. The number of halogens is 1. The van der Waals surface area contributed by atoms with Crippen molar-refractivity contribution in [1.82, 2.24) is 25.3 Å². The van der Waals surface area contributed by atoms with Gasteiger partial charge in [0, 0.05) is 51.2 Å². The fourth-order valence-corrected chi connectivity index (χ4v) is 4.50. The monoisotopic (exact) mass is 508 g/mol. The number of aliphatic imine (C=N–C) groups is 1. The molecule has 1 aromatic heterocycles. The lowest BCUT2D eigenvalue weighted by Gasteiger charge is -2.24. The highest BCUT2D eigenvalue weighted by atomic mass is 127. The fourth-order valence-electron chi connectivity index (χ4n) is 4.50. The number of guanidine groups is 1. The van der Waals surface area contributed by atoms with Crippen molar-refractivity contribution in [3.63, 3.8) is 0 Å². The number of nitrogens with zero attached hydrogens (tertiary/aromatic N) is 4. The summed E-state index contributed by atoms with van der Waals surface area (Å²) >= 11 is 0. The molecule has 2 aromatic rings. The van der Waals surface area contributed by atoms with Crippen LogP contribution in [-0.4, -0.2) is 52.9 Å². The van der Waals surface area contributed by atoms with Crippen LogP contribution >= 0.6 is 24.0 Å². The van der Waals surface area contributed by atoms with Gasteiger partial charge >= 0.3 is 0 Å². The maximum atomic E-state index is 4.43. The standard InChI is InChI=1S/C22H32N6.HI/c1-23-22(26-20-10-13-27(17-20)21-8-2-3-9-21)24-15-18-6-4-7-19(14-18)16-28-12-5-11-25-28;/h4-7,11-12,14,20-21H,2-3,8-10,13,15-17H2,1H3,(H2,23,24,26);1H. The Balaban J connectivity index is 0.00000240. The van der Waals surface area contributed by atoms with Crippen LogP contribution in [0.15, 0.2) is 47.7 Å². The number of benzene rings is 1. The van der Waals surface area contributed by atoms with E-state index in [1.807, 2.05) is 30.2 Å². The molecule has 2 fully saturated rings. The molecule has 1 aliphatic heterocycles. The molecule has 2 heterocycles. The number of likely N-dealkylation sites (tertiary alicyclic amines) is 1. The van der Waals surface area contributed by atoms with E-state index in [9.17, 15) is 0 Å². The van der Waals surface area contributed by atoms with E-state index in [1.165, 1.54) is 49.8 Å². The molecule has 0 amide bonds. The molecule has 0 spiro atoms. The lowest BCUT2D eigenvalue weighted by atomic mass is 10.1. The van der Waals surface area contributed by atoms with E-state index in [0.29, 0.717) is 6.04 Å². The number of rotatable bonds is 6. The Morgan fingerprint density at radius 1 is 1.17 bits per heavy atom. The van der Waals surface area contributed by atoms with Gasteiger partial charge in [0.25, 0.3) is 0 Å². The lowest BCUT2D eigenvalue weighted by Crippen LogP contribution is -2.45. The van der Waals surface area contributed by atoms with Crippen LogP contribution < -0.4 is 10.6 Å². The molecular formula is C22H33IN6. The summed E-state index contributed by atoms with van der Waals surface area (Å²) in [5, 5.41) is 11.4. The first-order chi connectivity index (χ1) is 13.8. The molecule has 0 radical (unpaired) electrons. The smallest absolute Gasteiger partial charge is 0.191 e. The van der Waals surface area contributed by atoms with E-state index in [1.54, 1.807) is 0 Å². The zero-order valence-electron chi connectivity index (χ0n) is 17.3. The van der Waals surface area contributed by atoms with Crippen LogP contribution in [0.5, 0.6) is 0 Å². The summed E-state index contributed by atoms with van der Waals surface area (Å²) in [5.74, 6) is 0.899. The highest BCUT2D eigenvalue weighted by Gasteiger charge is 2.30. The fraction of sp³-hybridized carbons (Fsp3) is 0.545. The van der Waals surface area contributed by atoms with Gasteiger partial charge in [-0.2, -0.15) is 5.10 Å². The molecule has 1 saturated heterocycles. The van der Waals surface area contributed by atoms with Crippen molar-refractivity contribution in [3.8, 4) is 0 Å². The van der Waals surface area contributed by atoms with Gasteiger partial charge in [-0.15, -0.1) is 24.0 Å². The van der Waals surface area contributed by atoms with E-state index in [2.05, 4.69) is 49.9 Å². The molecule has 7 heteroatoms. The summed E-state index contributed by atoms with van der Waals surface area (Å²) in [6.45, 7) is 3.93. The van der Waals surface area contributed by atoms with Crippen molar-refractivity contribution in [2.75, 3.05) is 20.1 Å². The van der Waals surface area contributed by atoms with Gasteiger partial charge in [0.2, 0.25) is 0 Å². The molecule has 1 aliphatic carbocycles. The predicted octanol–water partition coefficient (Wildman–Crippen LogP) is 3.23. The summed E-state index contributed by atoms with van der Waals surface area (Å²) in [4.78, 5) is 7.11. The third-order valence-corrected chi connectivity index (χ3v) is 5.98. The van der Waals surface area contributed by atoms with Crippen LogP contribution in [0.3, 0.4) is 0 Å². The van der Waals surface area contributed by atoms with Gasteiger partial charge in [-0.3, -0.25) is 14.6 Å². The summed E-state index contributed by atoms with van der Waals surface area (Å²) in [7, 11) is 1.85. The van der Waals surface area contributed by atoms with Crippen LogP contribution in [0, 0.1) is 0 Å². The molecule has 2 aliphatic rings. The van der Waals surface area contributed by atoms with Crippen molar-refractivity contribution in [1.29, 1.82) is 0 Å². The van der Waals surface area contributed by atoms with Crippen molar-refractivity contribution in [2.45, 2.75) is 57.3 Å². The van der Waals surface area contributed by atoms with E-state index >= 15 is 0 Å². The van der Waals surface area contributed by atoms with Crippen LogP contribution in [0.2, 0.25) is 0 Å². The molecule has 4 rings (SSSR count). The molecule has 1 atom stereocenters. The third-order valence-electron chi connectivity index (χ3n) is 5.98. The topological polar surface area (TPSA) is 57.5 Å². The van der Waals surface area contributed by atoms with Crippen LogP contribution in [0.4, 0.5) is 0 Å². The average Bonchev–Trinajstić information content (AvgIpc) is 3.47. The van der Waals surface area contributed by atoms with Crippen LogP contribution in [0.25, 0.3) is 0 Å². The first-order valence-corrected chi connectivity index (χ1v) is 10.6. The van der Waals surface area contributed by atoms with Crippen LogP contribution in [0.1, 0.15) is 43.2 Å². The highest BCUT2D eigenvalue weighted by molar-refractivity contribution is 14.0. The Labute approximate surface area is 191 Å². The average molecular weight is 508 g/mol. The van der Waals surface area contributed by atoms with E-state index in [-0.39, 0.29) is 24.0 Å². The first-order valence-electron chi connectivity index (χ1n) is 10.6. The zero-order chi connectivity index (χ0) is 19.2. The quantitative estimate of drug-likeness (QED) is 0.358. The van der Waals surface area contributed by atoms with Crippen molar-refractivity contribution >= 4 is 29.9 Å². The van der Waals surface area contributed by atoms with Crippen molar-refractivity contribution in [2.24, 2.45) is 4.99 Å². The number of aromatic nitrogens is 2. The van der Waals surface area contributed by atoms with Gasteiger partial charge in [0.15, 0.2) is 5.96 Å². The van der Waals surface area contributed by atoms with Gasteiger partial charge < -0.3 is 10.6 Å². The van der Waals surface area contributed by atoms with Gasteiger partial charge in [0.05, 0.1) is 6.54 Å². The molecule has 0 bridgehead atoms. The van der Waals surface area contributed by atoms with Crippen molar-refractivity contribution < 1.29 is 0 Å². The SMILES string of the molecule is CN=C(NCc1cccc(Cn2cccn2)c1)NC1CCN(C2CCCC2)C1.I. The van der Waals surface area contributed by atoms with Gasteiger partial charge in [-0.1, -0.05) is 37.1 Å². The minimum absolute atomic E-state index is 0. The highest BCUT2D eigenvalue weighted by Crippen LogP contribution is 2.26. The predicted molar refractivity (Wildman–Crippen MR) is 129 cm³/mol. The second-order valence-electron chi connectivity index (χ2n) is 8.01. The normalized spacial score (nSPS) is 20.6. The Morgan fingerprint density at radius 3 is 2.76 bits per heavy atom. The summed E-state index contributed by atoms with van der Waals surface area (Å²) in [6, 6.07) is 11.9. The number of nitrogens with one attached hydrogen (secondary N) is 2. The van der Waals surface area contributed by atoms with Crippen molar-refractivity contribution in [3.05, 3.63) is 53.9 Å². The zero-order valence-corrected chi connectivity index (χ0v) is 19.6. The Hall–Kier alpha value is -1.61. The Bertz CT molecular complexity index is 769. The lowest BCUT2D eigenvalue weighted by molar-refractivity contribution is 0.242. The number of hydrogen-bond acceptors (Lipinski definition) is 3. The molecule has 6 nitrogen and oxygen atoms in total. The Morgan fingerprint density at radius 2 is 2.00 bits per heavy atom. The molecular weight excluding hydrogens is 475 g/mol. The summed E-state index contributed by atoms with van der Waals surface area (Å²) in [5.41, 5.74) is 2.51. The largest absolute Gasteiger partial charge is 0.352 e. The second kappa shape index (κ2) is 11.0. The van der Waals surface area contributed by atoms with Gasteiger partial charge in [0.1, 0.15) is 0 Å². The van der Waals surface area contributed by atoms with E-state index in [0.717, 1.165) is 31.6 Å². The van der Waals surface area contributed by atoms with E-state index < -0.39 is 0 Å². The molecule has 1 unspecified atom stereocenters. The second-order valence-corrected chi connectivity index (χ2v) is 8.01. The van der Waals surface area contributed by atoms with Gasteiger partial charge in [-0.05, 0) is 36.5 Å². The maximum Gasteiger partial charge on any atom is 0.191 e. The number of hydrogen-bond donors (Lipinski definition) is 2. The molecule has 29 heavy (non-hydrogen) atoms. The Kier molecular flexibility index (Phi) is 8.35. The third kappa shape index (κ3) is 6.18. The maximum absolute atomic E-state index is 4.43. The molecule has 2 N–H and O–H groups in total. The summed E-state index contributed by atoms with van der Waals surface area (Å²) in [6.07, 6.45) is 10.6. The molecule has 1 aromatic carbocycles. The minimum atomic E-state index is 0. The van der Waals surface area contributed by atoms with Gasteiger partial charge in [-0.25, -0.2) is 0 Å². The molecule has 158 valence electrons. The summed E-state index contributed by atoms with van der Waals surface area (Å²) < 4.78 is 1.95. The van der Waals surface area contributed by atoms with E-state index in [4.69, 9.17) is 0 Å². The minimum Gasteiger partial charge on any atom is -0.352 e. The van der Waals surface area contributed by atoms with Crippen LogP contribution in [-0.2, 0) is 13.1 Å². The molecule has 1 saturated carbocycles.